The fourth-order valence-corrected chi connectivity index (χ4v) is 6.06. The zero-order valence-corrected chi connectivity index (χ0v) is 21.7. The maximum absolute atomic E-state index is 12.8. The molecule has 1 N–H and O–H groups in total. The van der Waals surface area contributed by atoms with Gasteiger partial charge < -0.3 is 19.6 Å². The van der Waals surface area contributed by atoms with E-state index in [1.54, 1.807) is 0 Å². The summed E-state index contributed by atoms with van der Waals surface area (Å²) in [6.45, 7) is 2.36. The molecule has 220 valence electrons. The van der Waals surface area contributed by atoms with Crippen LogP contribution in [-0.2, 0) is 16.1 Å². The van der Waals surface area contributed by atoms with E-state index in [-0.39, 0.29) is 18.6 Å². The molecule has 3 saturated heterocycles. The second-order valence-electron chi connectivity index (χ2n) is 10.7. The molecule has 0 saturated carbocycles. The Morgan fingerprint density at radius 1 is 1.02 bits per heavy atom. The van der Waals surface area contributed by atoms with Crippen LogP contribution in [0, 0.1) is 18.3 Å². The molecule has 3 fully saturated rings. The van der Waals surface area contributed by atoms with Crippen molar-refractivity contribution in [2.45, 2.75) is 69.1 Å². The average molecular weight is 576 g/mol. The summed E-state index contributed by atoms with van der Waals surface area (Å²) in [6, 6.07) is 5.69. The maximum Gasteiger partial charge on any atom is 0.434 e. The Hall–Kier alpha value is -3.14. The number of alkyl halides is 6. The summed E-state index contributed by atoms with van der Waals surface area (Å²) in [6.07, 6.45) is -8.27. The molecule has 1 aromatic rings. The molecule has 1 aromatic carbocycles. The highest BCUT2D eigenvalue weighted by Crippen LogP contribution is 2.42. The first-order valence-corrected chi connectivity index (χ1v) is 13.1. The van der Waals surface area contributed by atoms with Crippen LogP contribution in [0.3, 0.4) is 0 Å². The van der Waals surface area contributed by atoms with E-state index in [2.05, 4.69) is 20.5 Å². The van der Waals surface area contributed by atoms with Gasteiger partial charge in [0.1, 0.15) is 0 Å². The number of carboxylic acids is 1. The molecular weight excluding hydrogens is 544 g/mol. The van der Waals surface area contributed by atoms with Crippen LogP contribution in [0.25, 0.3) is 0 Å². The second-order valence-corrected chi connectivity index (χ2v) is 10.7. The van der Waals surface area contributed by atoms with Gasteiger partial charge in [0.2, 0.25) is 0 Å². The van der Waals surface area contributed by atoms with Crippen LogP contribution in [-0.4, -0.2) is 83.7 Å². The van der Waals surface area contributed by atoms with Gasteiger partial charge >= 0.3 is 24.4 Å². The highest BCUT2D eigenvalue weighted by molar-refractivity contribution is 5.71. The Balaban J connectivity index is 1.44. The fourth-order valence-electron chi connectivity index (χ4n) is 6.06. The third kappa shape index (κ3) is 6.43. The van der Waals surface area contributed by atoms with Crippen LogP contribution in [0.1, 0.15) is 49.7 Å². The number of aliphatic carboxylic acids is 1. The minimum atomic E-state index is -5.76. The number of likely N-dealkylation sites (tertiary alicyclic amines) is 2. The van der Waals surface area contributed by atoms with Gasteiger partial charge in [-0.2, -0.15) is 26.3 Å². The highest BCUT2D eigenvalue weighted by Gasteiger charge is 2.60. The lowest BCUT2D eigenvalue weighted by atomic mass is 9.84. The van der Waals surface area contributed by atoms with E-state index in [4.69, 9.17) is 6.42 Å². The predicted molar refractivity (Wildman–Crippen MR) is 133 cm³/mol. The van der Waals surface area contributed by atoms with E-state index < -0.39 is 36.4 Å². The van der Waals surface area contributed by atoms with Crippen molar-refractivity contribution >= 4 is 17.7 Å². The summed E-state index contributed by atoms with van der Waals surface area (Å²) in [5.74, 6) is 1.44. The summed E-state index contributed by atoms with van der Waals surface area (Å²) in [4.78, 5) is 29.0. The fraction of sp³-hybridized carbons (Fsp3) is 0.630. The van der Waals surface area contributed by atoms with Gasteiger partial charge in [0, 0.05) is 49.5 Å². The van der Waals surface area contributed by atoms with Crippen LogP contribution in [0.5, 0.6) is 0 Å². The van der Waals surface area contributed by atoms with Crippen molar-refractivity contribution in [3.63, 3.8) is 0 Å². The van der Waals surface area contributed by atoms with Crippen LogP contribution in [0.4, 0.5) is 36.8 Å². The minimum Gasteiger partial charge on any atom is -0.481 e. The van der Waals surface area contributed by atoms with E-state index in [1.807, 2.05) is 18.2 Å². The maximum atomic E-state index is 12.8. The van der Waals surface area contributed by atoms with Crippen molar-refractivity contribution in [2.75, 3.05) is 37.6 Å². The lowest BCUT2D eigenvalue weighted by Gasteiger charge is -2.45. The lowest BCUT2D eigenvalue weighted by molar-refractivity contribution is -0.308. The zero-order chi connectivity index (χ0) is 29.3. The van der Waals surface area contributed by atoms with E-state index in [0.717, 1.165) is 35.5 Å². The molecule has 3 heterocycles. The molecule has 4 rings (SSSR count). The number of carbonyl (C=O) groups excluding carboxylic acids is 1. The SMILES string of the molecule is C#Cc1ccc(CN2CCCC23CCN(C(=O)OC(C(F)(F)F)C(F)(F)F)CC3)c(N2CCC(C(=O)O)CC2)c1. The molecule has 0 radical (unpaired) electrons. The van der Waals surface area contributed by atoms with Gasteiger partial charge in [0.15, 0.2) is 0 Å². The number of carbonyl (C=O) groups is 2. The molecule has 0 atom stereocenters. The first-order chi connectivity index (χ1) is 18.7. The number of ether oxygens (including phenoxy) is 1. The van der Waals surface area contributed by atoms with Crippen LogP contribution in [0.2, 0.25) is 0 Å². The standard InChI is InChI=1S/C27H31F6N3O4/c1-2-18-4-5-20(21(16-18)34-12-6-19(7-13-34)22(37)38)17-36-11-3-8-25(36)9-14-35(15-10-25)24(39)40-23(26(28,29)30)27(31,32)33/h1,4-5,16,19,23H,3,6-15,17H2,(H,37,38). The van der Waals surface area contributed by atoms with Gasteiger partial charge in [-0.1, -0.05) is 12.0 Å². The smallest absolute Gasteiger partial charge is 0.434 e. The van der Waals surface area contributed by atoms with E-state index in [0.29, 0.717) is 50.9 Å². The van der Waals surface area contributed by atoms with E-state index in [1.165, 1.54) is 0 Å². The lowest BCUT2D eigenvalue weighted by Crippen LogP contribution is -2.54. The largest absolute Gasteiger partial charge is 0.481 e. The summed E-state index contributed by atoms with van der Waals surface area (Å²) in [5.41, 5.74) is 2.25. The zero-order valence-electron chi connectivity index (χ0n) is 21.7. The van der Waals surface area contributed by atoms with Crippen molar-refractivity contribution in [3.05, 3.63) is 29.3 Å². The molecule has 7 nitrogen and oxygen atoms in total. The van der Waals surface area contributed by atoms with Crippen molar-refractivity contribution in [1.29, 1.82) is 0 Å². The molecule has 0 aromatic heterocycles. The average Bonchev–Trinajstić information content (AvgIpc) is 3.27. The number of hydrogen-bond donors (Lipinski definition) is 1. The molecule has 1 amide bonds. The number of nitrogens with zero attached hydrogens (tertiary/aromatic N) is 3. The predicted octanol–water partition coefficient (Wildman–Crippen LogP) is 5.03. The summed E-state index contributed by atoms with van der Waals surface area (Å²) < 4.78 is 81.0. The molecule has 1 spiro atoms. The normalized spacial score (nSPS) is 20.6. The molecule has 0 unspecified atom stereocenters. The number of amides is 1. The van der Waals surface area contributed by atoms with Gasteiger partial charge in [-0.05, 0) is 62.8 Å². The van der Waals surface area contributed by atoms with E-state index >= 15 is 0 Å². The molecule has 40 heavy (non-hydrogen) atoms. The van der Waals surface area contributed by atoms with Gasteiger partial charge in [0.25, 0.3) is 6.10 Å². The number of carboxylic acid groups (broad SMARTS) is 1. The Labute approximate surface area is 228 Å². The number of benzene rings is 1. The number of hydrogen-bond acceptors (Lipinski definition) is 5. The van der Waals surface area contributed by atoms with Crippen molar-refractivity contribution in [2.24, 2.45) is 5.92 Å². The second kappa shape index (κ2) is 11.4. The Bertz CT molecular complexity index is 1120. The summed E-state index contributed by atoms with van der Waals surface area (Å²) in [7, 11) is 0. The first-order valence-electron chi connectivity index (χ1n) is 13.1. The summed E-state index contributed by atoms with van der Waals surface area (Å²) >= 11 is 0. The number of piperidine rings is 2. The highest BCUT2D eigenvalue weighted by atomic mass is 19.4. The van der Waals surface area contributed by atoms with Gasteiger partial charge in [0.05, 0.1) is 5.92 Å². The number of terminal acetylenes is 1. The van der Waals surface area contributed by atoms with Gasteiger partial charge in [-0.3, -0.25) is 9.69 Å². The van der Waals surface area contributed by atoms with Crippen molar-refractivity contribution < 1.29 is 45.8 Å². The Morgan fingerprint density at radius 2 is 1.65 bits per heavy atom. The third-order valence-electron chi connectivity index (χ3n) is 8.30. The summed E-state index contributed by atoms with van der Waals surface area (Å²) in [5, 5.41) is 9.35. The topological polar surface area (TPSA) is 73.3 Å². The minimum absolute atomic E-state index is 0.0244. The third-order valence-corrected chi connectivity index (χ3v) is 8.30. The molecule has 0 bridgehead atoms. The van der Waals surface area contributed by atoms with Crippen molar-refractivity contribution in [3.8, 4) is 12.3 Å². The van der Waals surface area contributed by atoms with Gasteiger partial charge in [-0.15, -0.1) is 6.42 Å². The van der Waals surface area contributed by atoms with Crippen molar-refractivity contribution in [1.82, 2.24) is 9.80 Å². The molecule has 3 aliphatic heterocycles. The molecular formula is C27H31F6N3O4. The molecule has 3 aliphatic rings. The van der Waals surface area contributed by atoms with Crippen LogP contribution in [0.15, 0.2) is 18.2 Å². The Kier molecular flexibility index (Phi) is 8.49. The molecule has 13 heteroatoms. The Morgan fingerprint density at radius 3 is 2.20 bits per heavy atom. The van der Waals surface area contributed by atoms with E-state index in [9.17, 15) is 41.0 Å². The van der Waals surface area contributed by atoms with Crippen LogP contribution < -0.4 is 4.90 Å². The molecule has 0 aliphatic carbocycles. The van der Waals surface area contributed by atoms with Crippen LogP contribution >= 0.6 is 0 Å². The van der Waals surface area contributed by atoms with Gasteiger partial charge in [-0.25, -0.2) is 4.79 Å². The number of halogens is 6. The quantitative estimate of drug-likeness (QED) is 0.393. The first kappa shape index (κ1) is 29.8. The monoisotopic (exact) mass is 575 g/mol. The number of rotatable bonds is 5. The number of anilines is 1.